The predicted molar refractivity (Wildman–Crippen MR) is 64.6 cm³/mol. The van der Waals surface area contributed by atoms with E-state index in [0.717, 1.165) is 25.7 Å². The summed E-state index contributed by atoms with van der Waals surface area (Å²) in [7, 11) is 0. The molecule has 2 saturated carbocycles. The first-order valence-corrected chi connectivity index (χ1v) is 6.59. The number of hydrogen-bond acceptors (Lipinski definition) is 2. The summed E-state index contributed by atoms with van der Waals surface area (Å²) in [5.41, 5.74) is 0. The number of carboxylic acid groups (broad SMARTS) is 1. The maximum atomic E-state index is 11.9. The van der Waals surface area contributed by atoms with Crippen molar-refractivity contribution in [1.29, 1.82) is 0 Å². The fraction of sp³-hybridized carbons (Fsp3) is 0.714. The summed E-state index contributed by atoms with van der Waals surface area (Å²) in [5.74, 6) is 1.02. The molecule has 1 N–H and O–H groups in total. The molecule has 0 spiro atoms. The van der Waals surface area contributed by atoms with Gasteiger partial charge in [-0.15, -0.1) is 0 Å². The normalized spacial score (nSPS) is 31.5. The van der Waals surface area contributed by atoms with Gasteiger partial charge in [-0.2, -0.15) is 0 Å². The fourth-order valence-electron chi connectivity index (χ4n) is 3.22. The van der Waals surface area contributed by atoms with Crippen LogP contribution in [0.25, 0.3) is 0 Å². The van der Waals surface area contributed by atoms with Crippen LogP contribution >= 0.6 is 0 Å². The molecule has 3 nitrogen and oxygen atoms in total. The minimum absolute atomic E-state index is 0.234. The molecule has 0 saturated heterocycles. The summed E-state index contributed by atoms with van der Waals surface area (Å²) in [5, 5.41) is 8.48. The number of hydrogen-bond donors (Lipinski definition) is 1. The van der Waals surface area contributed by atoms with Crippen LogP contribution in [0.5, 0.6) is 0 Å². The third kappa shape index (κ3) is 2.96. The number of carboxylic acids is 1. The van der Waals surface area contributed by atoms with Crippen LogP contribution in [0.1, 0.15) is 44.9 Å². The molecule has 0 aromatic carbocycles. The molecule has 94 valence electrons. The first kappa shape index (κ1) is 12.3. The second-order valence-corrected chi connectivity index (χ2v) is 5.27. The van der Waals surface area contributed by atoms with Crippen molar-refractivity contribution < 1.29 is 14.7 Å². The van der Waals surface area contributed by atoms with E-state index in [0.29, 0.717) is 24.0 Å². The van der Waals surface area contributed by atoms with Gasteiger partial charge >= 0.3 is 5.97 Å². The number of Topliss-reactive ketones (excluding diaryl/α,β-unsaturated/α-hetero) is 1. The van der Waals surface area contributed by atoms with Crippen LogP contribution in [0.2, 0.25) is 0 Å². The molecule has 17 heavy (non-hydrogen) atoms. The summed E-state index contributed by atoms with van der Waals surface area (Å²) >= 11 is 0. The zero-order chi connectivity index (χ0) is 12.3. The largest absolute Gasteiger partial charge is 0.481 e. The van der Waals surface area contributed by atoms with E-state index < -0.39 is 5.97 Å². The summed E-state index contributed by atoms with van der Waals surface area (Å²) in [6.45, 7) is 0. The molecule has 3 heteroatoms. The highest BCUT2D eigenvalue weighted by Crippen LogP contribution is 2.47. The average Bonchev–Trinajstić information content (AvgIpc) is 2.85. The van der Waals surface area contributed by atoms with E-state index in [9.17, 15) is 9.59 Å². The van der Waals surface area contributed by atoms with Crippen LogP contribution in [-0.4, -0.2) is 16.9 Å². The van der Waals surface area contributed by atoms with Crippen molar-refractivity contribution in [2.24, 2.45) is 17.8 Å². The molecule has 0 aliphatic heterocycles. The standard InChI is InChI=1S/C14H20O3/c15-13(16)6-4-2-1-3-5-12-10-7-8-11(9-10)14(12)17/h1,3,10-12H,2,4-9H2,(H,15,16)/b3-1-/t10-,11+,12-/m0/s1. The van der Waals surface area contributed by atoms with Crippen LogP contribution in [0.4, 0.5) is 0 Å². The minimum atomic E-state index is -0.735. The minimum Gasteiger partial charge on any atom is -0.481 e. The smallest absolute Gasteiger partial charge is 0.303 e. The quantitative estimate of drug-likeness (QED) is 0.570. The number of allylic oxidation sites excluding steroid dienone is 2. The Morgan fingerprint density at radius 2 is 2.18 bits per heavy atom. The van der Waals surface area contributed by atoms with E-state index in [4.69, 9.17) is 5.11 Å². The lowest BCUT2D eigenvalue weighted by molar-refractivity contribution is -0.137. The van der Waals surface area contributed by atoms with Gasteiger partial charge in [-0.1, -0.05) is 12.2 Å². The monoisotopic (exact) mass is 236 g/mol. The maximum Gasteiger partial charge on any atom is 0.303 e. The second-order valence-electron chi connectivity index (χ2n) is 5.27. The van der Waals surface area contributed by atoms with Gasteiger partial charge < -0.3 is 5.11 Å². The Balaban J connectivity index is 1.67. The highest BCUT2D eigenvalue weighted by atomic mass is 16.4. The Hall–Kier alpha value is -1.12. The van der Waals surface area contributed by atoms with Gasteiger partial charge in [-0.05, 0) is 44.4 Å². The SMILES string of the molecule is O=C(O)CCC/C=C\C[C@@H]1C(=O)[C@@H]2CC[C@H]1C2. The molecule has 0 unspecified atom stereocenters. The Labute approximate surface area is 102 Å². The number of carbonyl (C=O) groups excluding carboxylic acids is 1. The van der Waals surface area contributed by atoms with Crippen LogP contribution in [0, 0.1) is 17.8 Å². The van der Waals surface area contributed by atoms with Crippen LogP contribution in [0.3, 0.4) is 0 Å². The Morgan fingerprint density at radius 1 is 1.35 bits per heavy atom. The molecule has 0 amide bonds. The van der Waals surface area contributed by atoms with Crippen molar-refractivity contribution in [2.75, 3.05) is 0 Å². The predicted octanol–water partition coefficient (Wildman–Crippen LogP) is 2.80. The highest BCUT2D eigenvalue weighted by Gasteiger charge is 2.45. The maximum absolute atomic E-state index is 11.9. The van der Waals surface area contributed by atoms with Gasteiger partial charge in [-0.25, -0.2) is 0 Å². The lowest BCUT2D eigenvalue weighted by Crippen LogP contribution is -2.21. The van der Waals surface area contributed by atoms with Crippen molar-refractivity contribution >= 4 is 11.8 Å². The summed E-state index contributed by atoms with van der Waals surface area (Å²) in [4.78, 5) is 22.2. The van der Waals surface area contributed by atoms with E-state index in [1.54, 1.807) is 0 Å². The van der Waals surface area contributed by atoms with Crippen molar-refractivity contribution in [3.05, 3.63) is 12.2 Å². The van der Waals surface area contributed by atoms with Gasteiger partial charge in [0, 0.05) is 18.3 Å². The zero-order valence-electron chi connectivity index (χ0n) is 10.1. The van der Waals surface area contributed by atoms with Crippen molar-refractivity contribution in [3.63, 3.8) is 0 Å². The molecule has 2 rings (SSSR count). The van der Waals surface area contributed by atoms with Crippen molar-refractivity contribution in [1.82, 2.24) is 0 Å². The number of rotatable bonds is 6. The molecule has 3 atom stereocenters. The van der Waals surface area contributed by atoms with Crippen LogP contribution in [0.15, 0.2) is 12.2 Å². The van der Waals surface area contributed by atoms with E-state index in [1.165, 1.54) is 6.42 Å². The molecule has 2 aliphatic rings. The second kappa shape index (κ2) is 5.48. The third-order valence-electron chi connectivity index (χ3n) is 4.13. The fourth-order valence-corrected chi connectivity index (χ4v) is 3.22. The molecule has 0 heterocycles. The van der Waals surface area contributed by atoms with E-state index in [2.05, 4.69) is 6.08 Å². The summed E-state index contributed by atoms with van der Waals surface area (Å²) in [6, 6.07) is 0. The zero-order valence-corrected chi connectivity index (χ0v) is 10.1. The number of aliphatic carboxylic acids is 1. The van der Waals surface area contributed by atoms with Gasteiger partial charge in [0.05, 0.1) is 0 Å². The molecule has 0 radical (unpaired) electrons. The van der Waals surface area contributed by atoms with Gasteiger partial charge in [0.25, 0.3) is 0 Å². The molecule has 0 aromatic rings. The van der Waals surface area contributed by atoms with Gasteiger partial charge in [0.1, 0.15) is 5.78 Å². The topological polar surface area (TPSA) is 54.4 Å². The van der Waals surface area contributed by atoms with Crippen LogP contribution < -0.4 is 0 Å². The molecular weight excluding hydrogens is 216 g/mol. The van der Waals surface area contributed by atoms with Gasteiger partial charge in [0.15, 0.2) is 0 Å². The molecule has 2 bridgehead atoms. The van der Waals surface area contributed by atoms with Crippen LogP contribution in [-0.2, 0) is 9.59 Å². The summed E-state index contributed by atoms with van der Waals surface area (Å²) in [6.07, 6.45) is 10.2. The first-order valence-electron chi connectivity index (χ1n) is 6.59. The van der Waals surface area contributed by atoms with E-state index >= 15 is 0 Å². The van der Waals surface area contributed by atoms with Gasteiger partial charge in [0.2, 0.25) is 0 Å². The third-order valence-corrected chi connectivity index (χ3v) is 4.13. The summed E-state index contributed by atoms with van der Waals surface area (Å²) < 4.78 is 0. The molecular formula is C14H20O3. The Kier molecular flexibility index (Phi) is 3.97. The van der Waals surface area contributed by atoms with Crippen molar-refractivity contribution in [2.45, 2.75) is 44.9 Å². The number of ketones is 1. The molecule has 2 aliphatic carbocycles. The Morgan fingerprint density at radius 3 is 2.82 bits per heavy atom. The number of fused-ring (bicyclic) bond motifs is 2. The number of unbranched alkanes of at least 4 members (excludes halogenated alkanes) is 1. The lowest BCUT2D eigenvalue weighted by atomic mass is 9.85. The molecule has 2 fully saturated rings. The highest BCUT2D eigenvalue weighted by molar-refractivity contribution is 5.87. The van der Waals surface area contributed by atoms with Crippen molar-refractivity contribution in [3.8, 4) is 0 Å². The molecule has 0 aromatic heterocycles. The Bertz CT molecular complexity index is 332. The number of carbonyl (C=O) groups is 2. The lowest BCUT2D eigenvalue weighted by Gasteiger charge is -2.18. The van der Waals surface area contributed by atoms with E-state index in [-0.39, 0.29) is 12.3 Å². The van der Waals surface area contributed by atoms with Gasteiger partial charge in [-0.3, -0.25) is 9.59 Å². The average molecular weight is 236 g/mol. The first-order chi connectivity index (χ1) is 8.18. The van der Waals surface area contributed by atoms with E-state index in [1.807, 2.05) is 6.08 Å².